The van der Waals surface area contributed by atoms with Crippen LogP contribution in [0.25, 0.3) is 0 Å². The Bertz CT molecular complexity index is 610. The molecule has 0 bridgehead atoms. The van der Waals surface area contributed by atoms with Gasteiger partial charge in [0.25, 0.3) is 0 Å². The van der Waals surface area contributed by atoms with E-state index in [1.807, 2.05) is 18.2 Å². The van der Waals surface area contributed by atoms with Gasteiger partial charge < -0.3 is 10.3 Å². The lowest BCUT2D eigenvalue weighted by Crippen LogP contribution is -2.34. The fraction of sp³-hybridized carbons (Fsp3) is 0.467. The van der Waals surface area contributed by atoms with E-state index in [0.29, 0.717) is 11.7 Å². The largest absolute Gasteiger partial charge is 0.339 e. The quantitative estimate of drug-likeness (QED) is 0.811. The lowest BCUT2D eigenvalue weighted by Gasteiger charge is -2.17. The summed E-state index contributed by atoms with van der Waals surface area (Å²) >= 11 is 5.33. The fourth-order valence-corrected chi connectivity index (χ4v) is 4.10. The van der Waals surface area contributed by atoms with Gasteiger partial charge in [-0.3, -0.25) is 0 Å². The summed E-state index contributed by atoms with van der Waals surface area (Å²) in [5, 5.41) is 4.08. The fourth-order valence-electron chi connectivity index (χ4n) is 2.60. The highest BCUT2D eigenvalue weighted by atomic mass is 79.9. The van der Waals surface area contributed by atoms with Crippen molar-refractivity contribution in [1.82, 2.24) is 10.1 Å². The zero-order chi connectivity index (χ0) is 14.7. The molecule has 1 heterocycles. The molecule has 0 amide bonds. The van der Waals surface area contributed by atoms with E-state index in [4.69, 9.17) is 10.3 Å². The summed E-state index contributed by atoms with van der Waals surface area (Å²) in [4.78, 5) is 5.72. The van der Waals surface area contributed by atoms with Crippen LogP contribution in [0, 0.1) is 0 Å². The van der Waals surface area contributed by atoms with Gasteiger partial charge in [-0.1, -0.05) is 30.1 Å². The first-order valence-electron chi connectivity index (χ1n) is 7.17. The second-order valence-electron chi connectivity index (χ2n) is 5.40. The van der Waals surface area contributed by atoms with Crippen LogP contribution in [-0.4, -0.2) is 15.9 Å². The molecule has 0 unspecified atom stereocenters. The van der Waals surface area contributed by atoms with Gasteiger partial charge in [0.1, 0.15) is 0 Å². The van der Waals surface area contributed by atoms with E-state index >= 15 is 0 Å². The van der Waals surface area contributed by atoms with E-state index < -0.39 is 0 Å². The van der Waals surface area contributed by atoms with Gasteiger partial charge in [-0.25, -0.2) is 0 Å². The van der Waals surface area contributed by atoms with E-state index in [1.165, 1.54) is 4.90 Å². The topological polar surface area (TPSA) is 64.9 Å². The predicted molar refractivity (Wildman–Crippen MR) is 87.2 cm³/mol. The number of thioether (sulfide) groups is 1. The van der Waals surface area contributed by atoms with E-state index in [9.17, 15) is 0 Å². The molecule has 21 heavy (non-hydrogen) atoms. The van der Waals surface area contributed by atoms with Crippen LogP contribution in [0.5, 0.6) is 0 Å². The molecule has 1 fully saturated rings. The normalized spacial score (nSPS) is 17.2. The second kappa shape index (κ2) is 6.50. The first kappa shape index (κ1) is 15.1. The van der Waals surface area contributed by atoms with Crippen LogP contribution < -0.4 is 5.73 Å². The molecular formula is C15H18BrN3OS. The third kappa shape index (κ3) is 3.49. The number of halogens is 1. The number of hydrogen-bond acceptors (Lipinski definition) is 5. The van der Waals surface area contributed by atoms with Crippen LogP contribution in [0.15, 0.2) is 38.2 Å². The number of nitrogens with two attached hydrogens (primary N) is 1. The van der Waals surface area contributed by atoms with Gasteiger partial charge in [-0.2, -0.15) is 4.98 Å². The Morgan fingerprint density at radius 2 is 2.05 bits per heavy atom. The third-order valence-electron chi connectivity index (χ3n) is 3.82. The first-order valence-corrected chi connectivity index (χ1v) is 8.94. The summed E-state index contributed by atoms with van der Waals surface area (Å²) in [6, 6.07) is 8.20. The van der Waals surface area contributed by atoms with Crippen molar-refractivity contribution in [2.45, 2.75) is 42.5 Å². The molecule has 112 valence electrons. The summed E-state index contributed by atoms with van der Waals surface area (Å²) in [6.07, 6.45) is 4.97. The van der Waals surface area contributed by atoms with Crippen molar-refractivity contribution < 1.29 is 4.52 Å². The predicted octanol–water partition coefficient (Wildman–Crippen LogP) is 3.89. The Hall–Kier alpha value is -0.850. The SMILES string of the molecule is NC1(c2noc(CCSc3ccccc3Br)n2)CCCC1. The first-order chi connectivity index (χ1) is 10.2. The molecular weight excluding hydrogens is 350 g/mol. The van der Waals surface area contributed by atoms with E-state index in [2.05, 4.69) is 32.1 Å². The molecule has 0 spiro atoms. The molecule has 2 aromatic rings. The van der Waals surface area contributed by atoms with Gasteiger partial charge in [0.2, 0.25) is 5.89 Å². The highest BCUT2D eigenvalue weighted by Gasteiger charge is 2.35. The Morgan fingerprint density at radius 3 is 2.81 bits per heavy atom. The van der Waals surface area contributed by atoms with Crippen LogP contribution >= 0.6 is 27.7 Å². The van der Waals surface area contributed by atoms with Crippen LogP contribution in [0.2, 0.25) is 0 Å². The monoisotopic (exact) mass is 367 g/mol. The van der Waals surface area contributed by atoms with Crippen molar-refractivity contribution in [3.63, 3.8) is 0 Å². The van der Waals surface area contributed by atoms with Gasteiger partial charge in [-0.05, 0) is 40.9 Å². The molecule has 2 N–H and O–H groups in total. The molecule has 6 heteroatoms. The van der Waals surface area contributed by atoms with Crippen molar-refractivity contribution in [2.24, 2.45) is 5.73 Å². The van der Waals surface area contributed by atoms with Crippen molar-refractivity contribution in [2.75, 3.05) is 5.75 Å². The van der Waals surface area contributed by atoms with Crippen LogP contribution in [0.3, 0.4) is 0 Å². The Kier molecular flexibility index (Phi) is 4.66. The van der Waals surface area contributed by atoms with E-state index in [0.717, 1.165) is 42.3 Å². The molecule has 0 saturated heterocycles. The number of rotatable bonds is 5. The zero-order valence-electron chi connectivity index (χ0n) is 11.7. The van der Waals surface area contributed by atoms with Gasteiger partial charge in [0, 0.05) is 21.5 Å². The molecule has 4 nitrogen and oxygen atoms in total. The van der Waals surface area contributed by atoms with Crippen molar-refractivity contribution in [1.29, 1.82) is 0 Å². The van der Waals surface area contributed by atoms with E-state index in [-0.39, 0.29) is 5.54 Å². The van der Waals surface area contributed by atoms with Crippen LogP contribution in [-0.2, 0) is 12.0 Å². The van der Waals surface area contributed by atoms with Gasteiger partial charge >= 0.3 is 0 Å². The van der Waals surface area contributed by atoms with Crippen molar-refractivity contribution in [3.8, 4) is 0 Å². The zero-order valence-corrected chi connectivity index (χ0v) is 14.1. The molecule has 3 rings (SSSR count). The maximum atomic E-state index is 6.34. The van der Waals surface area contributed by atoms with Gasteiger partial charge in [0.05, 0.1) is 5.54 Å². The van der Waals surface area contributed by atoms with Crippen LogP contribution in [0.4, 0.5) is 0 Å². The van der Waals surface area contributed by atoms with Gasteiger partial charge in [-0.15, -0.1) is 11.8 Å². The number of hydrogen-bond donors (Lipinski definition) is 1. The molecule has 1 aliphatic rings. The number of nitrogens with zero attached hydrogens (tertiary/aromatic N) is 2. The molecule has 1 aliphatic carbocycles. The summed E-state index contributed by atoms with van der Waals surface area (Å²) in [7, 11) is 0. The lowest BCUT2D eigenvalue weighted by molar-refractivity contribution is 0.351. The highest BCUT2D eigenvalue weighted by Crippen LogP contribution is 2.34. The smallest absolute Gasteiger partial charge is 0.227 e. The Labute approximate surface area is 137 Å². The average molecular weight is 368 g/mol. The average Bonchev–Trinajstić information content (AvgIpc) is 3.11. The minimum absolute atomic E-state index is 0.364. The van der Waals surface area contributed by atoms with E-state index in [1.54, 1.807) is 11.8 Å². The minimum atomic E-state index is -0.364. The Morgan fingerprint density at radius 1 is 1.29 bits per heavy atom. The number of benzene rings is 1. The second-order valence-corrected chi connectivity index (χ2v) is 7.39. The Balaban J connectivity index is 1.57. The molecule has 1 aromatic heterocycles. The summed E-state index contributed by atoms with van der Waals surface area (Å²) in [6.45, 7) is 0. The summed E-state index contributed by atoms with van der Waals surface area (Å²) < 4.78 is 6.46. The van der Waals surface area contributed by atoms with Crippen LogP contribution in [0.1, 0.15) is 37.4 Å². The number of aryl methyl sites for hydroxylation is 1. The molecule has 1 aromatic carbocycles. The summed E-state index contributed by atoms with van der Waals surface area (Å²) in [5.74, 6) is 2.27. The van der Waals surface area contributed by atoms with Gasteiger partial charge in [0.15, 0.2) is 5.82 Å². The highest BCUT2D eigenvalue weighted by molar-refractivity contribution is 9.10. The minimum Gasteiger partial charge on any atom is -0.339 e. The van der Waals surface area contributed by atoms with Crippen molar-refractivity contribution in [3.05, 3.63) is 40.5 Å². The molecule has 0 atom stereocenters. The maximum Gasteiger partial charge on any atom is 0.227 e. The lowest BCUT2D eigenvalue weighted by atomic mass is 9.99. The molecule has 0 radical (unpaired) electrons. The standard InChI is InChI=1S/C15H18BrN3OS/c16-11-5-1-2-6-12(11)21-10-7-13-18-14(19-20-13)15(17)8-3-4-9-15/h1-2,5-6H,3-4,7-10,17H2. The van der Waals surface area contributed by atoms with Crippen molar-refractivity contribution >= 4 is 27.7 Å². The molecule has 1 saturated carbocycles. The maximum absolute atomic E-state index is 6.34. The summed E-state index contributed by atoms with van der Waals surface area (Å²) in [5.41, 5.74) is 5.97. The number of aromatic nitrogens is 2. The molecule has 0 aliphatic heterocycles. The third-order valence-corrected chi connectivity index (χ3v) is 5.85.